The van der Waals surface area contributed by atoms with Gasteiger partial charge in [-0.2, -0.15) is 8.78 Å². The van der Waals surface area contributed by atoms with E-state index in [9.17, 15) is 18.3 Å². The van der Waals surface area contributed by atoms with E-state index < -0.39 is 18.2 Å². The largest absolute Gasteiger partial charge is 0.432 e. The molecular formula is C15H20F3NO2. The van der Waals surface area contributed by atoms with Gasteiger partial charge in [-0.15, -0.1) is 0 Å². The van der Waals surface area contributed by atoms with E-state index in [0.29, 0.717) is 12.1 Å². The molecule has 1 aliphatic rings. The van der Waals surface area contributed by atoms with Gasteiger partial charge in [0.25, 0.3) is 0 Å². The van der Waals surface area contributed by atoms with Gasteiger partial charge in [0.2, 0.25) is 0 Å². The fraction of sp³-hybridized carbons (Fsp3) is 0.600. The molecule has 1 aromatic carbocycles. The predicted molar refractivity (Wildman–Crippen MR) is 72.7 cm³/mol. The standard InChI is InChI=1S/C15H20F3NO2/c16-12-7-10(5-6-14(12)21-15(17)18)8-19-13-4-2-1-3-11(13)9-20/h5-7,11,13,15,19-20H,1-4,8-9H2. The molecule has 3 nitrogen and oxygen atoms in total. The van der Waals surface area contributed by atoms with Crippen molar-refractivity contribution < 1.29 is 23.0 Å². The quantitative estimate of drug-likeness (QED) is 0.848. The Morgan fingerprint density at radius 2 is 2.05 bits per heavy atom. The fourth-order valence-electron chi connectivity index (χ4n) is 2.79. The first-order chi connectivity index (χ1) is 10.1. The Morgan fingerprint density at radius 3 is 2.71 bits per heavy atom. The molecule has 118 valence electrons. The van der Waals surface area contributed by atoms with Crippen molar-refractivity contribution in [3.8, 4) is 5.75 Å². The zero-order chi connectivity index (χ0) is 15.2. The van der Waals surface area contributed by atoms with Crippen LogP contribution in [-0.2, 0) is 6.54 Å². The maximum Gasteiger partial charge on any atom is 0.387 e. The van der Waals surface area contributed by atoms with Gasteiger partial charge in [-0.1, -0.05) is 18.9 Å². The molecule has 2 N–H and O–H groups in total. The molecule has 2 rings (SSSR count). The van der Waals surface area contributed by atoms with E-state index in [4.69, 9.17) is 0 Å². The lowest BCUT2D eigenvalue weighted by Gasteiger charge is -2.31. The van der Waals surface area contributed by atoms with Crippen LogP contribution in [0, 0.1) is 11.7 Å². The lowest BCUT2D eigenvalue weighted by Crippen LogP contribution is -2.39. The van der Waals surface area contributed by atoms with Crippen LogP contribution in [0.2, 0.25) is 0 Å². The van der Waals surface area contributed by atoms with Crippen molar-refractivity contribution in [2.75, 3.05) is 6.61 Å². The van der Waals surface area contributed by atoms with Crippen molar-refractivity contribution in [2.45, 2.75) is 44.9 Å². The van der Waals surface area contributed by atoms with E-state index >= 15 is 0 Å². The Morgan fingerprint density at radius 1 is 1.29 bits per heavy atom. The minimum atomic E-state index is -3.03. The number of alkyl halides is 2. The number of benzene rings is 1. The first kappa shape index (κ1) is 16.1. The summed E-state index contributed by atoms with van der Waals surface area (Å²) < 4.78 is 41.8. The SMILES string of the molecule is OCC1CCCCC1NCc1ccc(OC(F)F)c(F)c1. The van der Waals surface area contributed by atoms with E-state index in [1.165, 1.54) is 12.1 Å². The van der Waals surface area contributed by atoms with Crippen LogP contribution in [0.5, 0.6) is 5.75 Å². The molecule has 21 heavy (non-hydrogen) atoms. The number of ether oxygens (including phenoxy) is 1. The van der Waals surface area contributed by atoms with Crippen LogP contribution in [0.3, 0.4) is 0 Å². The highest BCUT2D eigenvalue weighted by Gasteiger charge is 2.23. The summed E-state index contributed by atoms with van der Waals surface area (Å²) in [6.07, 6.45) is 4.21. The van der Waals surface area contributed by atoms with Gasteiger partial charge in [0.15, 0.2) is 11.6 Å². The van der Waals surface area contributed by atoms with Gasteiger partial charge in [0.05, 0.1) is 0 Å². The van der Waals surface area contributed by atoms with Crippen LogP contribution in [0.25, 0.3) is 0 Å². The molecule has 0 spiro atoms. The molecule has 0 aromatic heterocycles. The summed E-state index contributed by atoms with van der Waals surface area (Å²) in [5, 5.41) is 12.6. The average molecular weight is 303 g/mol. The number of aliphatic hydroxyl groups excluding tert-OH is 1. The van der Waals surface area contributed by atoms with Gasteiger partial charge in [-0.3, -0.25) is 0 Å². The minimum Gasteiger partial charge on any atom is -0.432 e. The van der Waals surface area contributed by atoms with Gasteiger partial charge in [0, 0.05) is 19.2 Å². The number of hydrogen-bond donors (Lipinski definition) is 2. The molecule has 0 bridgehead atoms. The van der Waals surface area contributed by atoms with E-state index in [2.05, 4.69) is 10.1 Å². The van der Waals surface area contributed by atoms with Crippen LogP contribution < -0.4 is 10.1 Å². The number of halogens is 3. The third-order valence-electron chi connectivity index (χ3n) is 3.92. The first-order valence-electron chi connectivity index (χ1n) is 7.17. The van der Waals surface area contributed by atoms with Gasteiger partial charge in [0.1, 0.15) is 0 Å². The summed E-state index contributed by atoms with van der Waals surface area (Å²) in [5.41, 5.74) is 0.663. The minimum absolute atomic E-state index is 0.146. The Kier molecular flexibility index (Phi) is 5.87. The number of hydrogen-bond acceptors (Lipinski definition) is 3. The molecule has 2 unspecified atom stereocenters. The second-order valence-corrected chi connectivity index (χ2v) is 5.36. The normalized spacial score (nSPS) is 22.5. The summed E-state index contributed by atoms with van der Waals surface area (Å²) >= 11 is 0. The molecule has 1 saturated carbocycles. The topological polar surface area (TPSA) is 41.5 Å². The van der Waals surface area contributed by atoms with Crippen LogP contribution in [0.4, 0.5) is 13.2 Å². The molecule has 1 aromatic rings. The van der Waals surface area contributed by atoms with Gasteiger partial charge in [-0.05, 0) is 36.5 Å². The monoisotopic (exact) mass is 303 g/mol. The van der Waals surface area contributed by atoms with Crippen LogP contribution >= 0.6 is 0 Å². The lowest BCUT2D eigenvalue weighted by molar-refractivity contribution is -0.0522. The van der Waals surface area contributed by atoms with E-state index in [1.54, 1.807) is 6.07 Å². The van der Waals surface area contributed by atoms with Gasteiger partial charge in [-0.25, -0.2) is 4.39 Å². The predicted octanol–water partition coefficient (Wildman–Crippen LogP) is 3.07. The molecule has 0 heterocycles. The molecule has 1 fully saturated rings. The summed E-state index contributed by atoms with van der Waals surface area (Å²) in [6.45, 7) is -2.45. The Balaban J connectivity index is 1.92. The van der Waals surface area contributed by atoms with Crippen molar-refractivity contribution >= 4 is 0 Å². The summed E-state index contributed by atoms with van der Waals surface area (Å²) in [5.74, 6) is -1.01. The molecular weight excluding hydrogens is 283 g/mol. The van der Waals surface area contributed by atoms with Gasteiger partial charge >= 0.3 is 6.61 Å². The van der Waals surface area contributed by atoms with E-state index in [0.717, 1.165) is 25.7 Å². The number of aliphatic hydroxyl groups is 1. The Hall–Kier alpha value is -1.27. The van der Waals surface area contributed by atoms with Gasteiger partial charge < -0.3 is 15.2 Å². The van der Waals surface area contributed by atoms with Crippen molar-refractivity contribution in [1.29, 1.82) is 0 Å². The second kappa shape index (κ2) is 7.66. The average Bonchev–Trinajstić information content (AvgIpc) is 2.47. The Bertz CT molecular complexity index is 457. The molecule has 0 amide bonds. The molecule has 6 heteroatoms. The highest BCUT2D eigenvalue weighted by molar-refractivity contribution is 5.29. The number of rotatable bonds is 6. The maximum atomic E-state index is 13.6. The zero-order valence-corrected chi connectivity index (χ0v) is 11.7. The highest BCUT2D eigenvalue weighted by Crippen LogP contribution is 2.25. The summed E-state index contributed by atoms with van der Waals surface area (Å²) in [6, 6.07) is 4.18. The van der Waals surface area contributed by atoms with Crippen molar-refractivity contribution in [3.05, 3.63) is 29.6 Å². The summed E-state index contributed by atoms with van der Waals surface area (Å²) in [7, 11) is 0. The molecule has 2 atom stereocenters. The van der Waals surface area contributed by atoms with E-state index in [-0.39, 0.29) is 18.6 Å². The zero-order valence-electron chi connectivity index (χ0n) is 11.7. The van der Waals surface area contributed by atoms with Crippen LogP contribution in [0.15, 0.2) is 18.2 Å². The second-order valence-electron chi connectivity index (χ2n) is 5.36. The molecule has 0 saturated heterocycles. The third kappa shape index (κ3) is 4.61. The molecule has 0 aliphatic heterocycles. The lowest BCUT2D eigenvalue weighted by atomic mass is 9.85. The molecule has 1 aliphatic carbocycles. The first-order valence-corrected chi connectivity index (χ1v) is 7.17. The van der Waals surface area contributed by atoms with Crippen molar-refractivity contribution in [1.82, 2.24) is 5.32 Å². The van der Waals surface area contributed by atoms with Crippen molar-refractivity contribution in [3.63, 3.8) is 0 Å². The third-order valence-corrected chi connectivity index (χ3v) is 3.92. The van der Waals surface area contributed by atoms with Crippen LogP contribution in [-0.4, -0.2) is 24.4 Å². The number of nitrogens with one attached hydrogen (secondary N) is 1. The smallest absolute Gasteiger partial charge is 0.387 e. The van der Waals surface area contributed by atoms with Crippen LogP contribution in [0.1, 0.15) is 31.2 Å². The highest BCUT2D eigenvalue weighted by atomic mass is 19.3. The maximum absolute atomic E-state index is 13.6. The fourth-order valence-corrected chi connectivity index (χ4v) is 2.79. The molecule has 0 radical (unpaired) electrons. The summed E-state index contributed by atoms with van der Waals surface area (Å²) in [4.78, 5) is 0. The van der Waals surface area contributed by atoms with E-state index in [1.807, 2.05) is 0 Å². The van der Waals surface area contributed by atoms with Crippen molar-refractivity contribution in [2.24, 2.45) is 5.92 Å². The Labute approximate surface area is 122 Å².